The fraction of sp³-hybridized carbons (Fsp3) is 0.364. The summed E-state index contributed by atoms with van der Waals surface area (Å²) in [5.74, 6) is 0.886. The normalized spacial score (nSPS) is 11.7. The third-order valence-corrected chi connectivity index (χ3v) is 5.73. The van der Waals surface area contributed by atoms with Gasteiger partial charge in [0.2, 0.25) is 11.8 Å². The number of amides is 2. The second-order valence-electron chi connectivity index (χ2n) is 6.41. The van der Waals surface area contributed by atoms with Crippen molar-refractivity contribution in [1.82, 2.24) is 10.2 Å². The molecule has 6 heteroatoms. The number of likely N-dealkylation sites (N-methyl/N-ethyl adjacent to an activating group) is 1. The number of nitrogens with one attached hydrogen (secondary N) is 1. The molecular formula is C22H27ClN2O2S. The summed E-state index contributed by atoms with van der Waals surface area (Å²) < 4.78 is 0. The SMILES string of the molecule is CCNC(=O)[C@@H](CC)N(Cc1ccccc1Cl)C(=O)CSCc1ccccc1. The Morgan fingerprint density at radius 3 is 2.39 bits per heavy atom. The van der Waals surface area contributed by atoms with E-state index in [1.54, 1.807) is 22.7 Å². The summed E-state index contributed by atoms with van der Waals surface area (Å²) >= 11 is 7.86. The van der Waals surface area contributed by atoms with Gasteiger partial charge in [-0.15, -0.1) is 11.8 Å². The van der Waals surface area contributed by atoms with Crippen molar-refractivity contribution in [3.63, 3.8) is 0 Å². The van der Waals surface area contributed by atoms with E-state index in [-0.39, 0.29) is 11.8 Å². The van der Waals surface area contributed by atoms with Crippen LogP contribution in [-0.4, -0.2) is 35.1 Å². The lowest BCUT2D eigenvalue weighted by Gasteiger charge is -2.30. The zero-order valence-electron chi connectivity index (χ0n) is 16.4. The summed E-state index contributed by atoms with van der Waals surface area (Å²) in [6, 6.07) is 17.0. The van der Waals surface area contributed by atoms with Gasteiger partial charge in [-0.05, 0) is 30.5 Å². The van der Waals surface area contributed by atoms with E-state index in [1.807, 2.05) is 62.4 Å². The Balaban J connectivity index is 2.12. The second-order valence-corrected chi connectivity index (χ2v) is 7.80. The number of halogens is 1. The standard InChI is InChI=1S/C22H27ClN2O2S/c1-3-20(22(27)24-4-2)25(14-18-12-8-9-13-19(18)23)21(26)16-28-15-17-10-6-5-7-11-17/h5-13,20H,3-4,14-16H2,1-2H3,(H,24,27)/t20-/m1/s1. The molecule has 0 saturated heterocycles. The Kier molecular flexibility index (Phi) is 9.38. The zero-order valence-corrected chi connectivity index (χ0v) is 17.9. The molecule has 0 radical (unpaired) electrons. The minimum Gasteiger partial charge on any atom is -0.355 e. The van der Waals surface area contributed by atoms with E-state index in [2.05, 4.69) is 5.32 Å². The smallest absolute Gasteiger partial charge is 0.242 e. The Labute approximate surface area is 176 Å². The quantitative estimate of drug-likeness (QED) is 0.617. The number of benzene rings is 2. The molecule has 0 heterocycles. The molecule has 0 bridgehead atoms. The van der Waals surface area contributed by atoms with Crippen molar-refractivity contribution in [2.45, 2.75) is 38.6 Å². The highest BCUT2D eigenvalue weighted by Crippen LogP contribution is 2.21. The van der Waals surface area contributed by atoms with Crippen molar-refractivity contribution in [2.24, 2.45) is 0 Å². The molecule has 0 aromatic heterocycles. The maximum Gasteiger partial charge on any atom is 0.242 e. The predicted molar refractivity (Wildman–Crippen MR) is 117 cm³/mol. The van der Waals surface area contributed by atoms with Crippen LogP contribution >= 0.6 is 23.4 Å². The van der Waals surface area contributed by atoms with Crippen molar-refractivity contribution in [1.29, 1.82) is 0 Å². The molecule has 0 unspecified atom stereocenters. The molecule has 2 rings (SSSR count). The maximum absolute atomic E-state index is 13.0. The molecular weight excluding hydrogens is 392 g/mol. The van der Waals surface area contributed by atoms with E-state index >= 15 is 0 Å². The number of hydrogen-bond donors (Lipinski definition) is 1. The molecule has 1 N–H and O–H groups in total. The van der Waals surface area contributed by atoms with E-state index in [9.17, 15) is 9.59 Å². The molecule has 0 aliphatic heterocycles. The fourth-order valence-corrected chi connectivity index (χ4v) is 4.00. The summed E-state index contributed by atoms with van der Waals surface area (Å²) in [6.07, 6.45) is 0.547. The molecule has 1 atom stereocenters. The average molecular weight is 419 g/mol. The van der Waals surface area contributed by atoms with Crippen LogP contribution in [0.15, 0.2) is 54.6 Å². The van der Waals surface area contributed by atoms with Gasteiger partial charge in [-0.1, -0.05) is 67.1 Å². The Morgan fingerprint density at radius 1 is 1.07 bits per heavy atom. The third kappa shape index (κ3) is 6.57. The summed E-state index contributed by atoms with van der Waals surface area (Å²) in [5, 5.41) is 3.44. The van der Waals surface area contributed by atoms with Crippen LogP contribution in [0.1, 0.15) is 31.4 Å². The monoisotopic (exact) mass is 418 g/mol. The summed E-state index contributed by atoms with van der Waals surface area (Å²) in [4.78, 5) is 27.2. The Morgan fingerprint density at radius 2 is 1.75 bits per heavy atom. The van der Waals surface area contributed by atoms with Crippen LogP contribution in [-0.2, 0) is 21.9 Å². The number of hydrogen-bond acceptors (Lipinski definition) is 3. The molecule has 28 heavy (non-hydrogen) atoms. The first-order valence-corrected chi connectivity index (χ1v) is 11.0. The Hall–Kier alpha value is -1.98. The minimum atomic E-state index is -0.513. The van der Waals surface area contributed by atoms with Gasteiger partial charge >= 0.3 is 0 Å². The Bertz CT molecular complexity index is 770. The second kappa shape index (κ2) is 11.8. The molecule has 4 nitrogen and oxygen atoms in total. The average Bonchev–Trinajstić information content (AvgIpc) is 2.70. The van der Waals surface area contributed by atoms with Crippen LogP contribution in [0.3, 0.4) is 0 Å². The van der Waals surface area contributed by atoms with E-state index in [0.29, 0.717) is 30.3 Å². The van der Waals surface area contributed by atoms with Crippen LogP contribution in [0.25, 0.3) is 0 Å². The molecule has 0 spiro atoms. The number of rotatable bonds is 10. The van der Waals surface area contributed by atoms with Gasteiger partial charge in [0.1, 0.15) is 6.04 Å². The molecule has 2 amide bonds. The maximum atomic E-state index is 13.0. The first-order chi connectivity index (χ1) is 13.6. The van der Waals surface area contributed by atoms with E-state index in [0.717, 1.165) is 11.3 Å². The van der Waals surface area contributed by atoms with Gasteiger partial charge in [-0.2, -0.15) is 0 Å². The fourth-order valence-electron chi connectivity index (χ4n) is 2.94. The first kappa shape index (κ1) is 22.3. The highest BCUT2D eigenvalue weighted by atomic mass is 35.5. The van der Waals surface area contributed by atoms with Crippen LogP contribution in [0, 0.1) is 0 Å². The van der Waals surface area contributed by atoms with Crippen LogP contribution < -0.4 is 5.32 Å². The van der Waals surface area contributed by atoms with E-state index < -0.39 is 6.04 Å². The molecule has 0 fully saturated rings. The van der Waals surface area contributed by atoms with Gasteiger partial charge < -0.3 is 10.2 Å². The molecule has 0 aliphatic carbocycles. The van der Waals surface area contributed by atoms with Gasteiger partial charge in [-0.3, -0.25) is 9.59 Å². The topological polar surface area (TPSA) is 49.4 Å². The van der Waals surface area contributed by atoms with Crippen molar-refractivity contribution < 1.29 is 9.59 Å². The summed E-state index contributed by atoms with van der Waals surface area (Å²) in [7, 11) is 0. The van der Waals surface area contributed by atoms with Crippen LogP contribution in [0.4, 0.5) is 0 Å². The zero-order chi connectivity index (χ0) is 20.4. The summed E-state index contributed by atoms with van der Waals surface area (Å²) in [6.45, 7) is 4.65. The number of carbonyl (C=O) groups excluding carboxylic acids is 2. The third-order valence-electron chi connectivity index (χ3n) is 4.37. The van der Waals surface area contributed by atoms with Gasteiger partial charge in [0.15, 0.2) is 0 Å². The lowest BCUT2D eigenvalue weighted by molar-refractivity contribution is -0.139. The van der Waals surface area contributed by atoms with E-state index in [4.69, 9.17) is 11.6 Å². The van der Waals surface area contributed by atoms with Crippen molar-refractivity contribution in [3.05, 3.63) is 70.7 Å². The summed E-state index contributed by atoms with van der Waals surface area (Å²) in [5.41, 5.74) is 2.02. The van der Waals surface area contributed by atoms with Crippen LogP contribution in [0.2, 0.25) is 5.02 Å². The van der Waals surface area contributed by atoms with E-state index in [1.165, 1.54) is 5.56 Å². The number of thioether (sulfide) groups is 1. The minimum absolute atomic E-state index is 0.0565. The highest BCUT2D eigenvalue weighted by Gasteiger charge is 2.28. The highest BCUT2D eigenvalue weighted by molar-refractivity contribution is 7.99. The lowest BCUT2D eigenvalue weighted by atomic mass is 10.1. The van der Waals surface area contributed by atoms with Gasteiger partial charge in [0.05, 0.1) is 5.75 Å². The van der Waals surface area contributed by atoms with Gasteiger partial charge in [0.25, 0.3) is 0 Å². The van der Waals surface area contributed by atoms with Gasteiger partial charge in [0, 0.05) is 23.9 Å². The van der Waals surface area contributed by atoms with Crippen LogP contribution in [0.5, 0.6) is 0 Å². The molecule has 2 aromatic rings. The van der Waals surface area contributed by atoms with Gasteiger partial charge in [-0.25, -0.2) is 0 Å². The van der Waals surface area contributed by atoms with Crippen molar-refractivity contribution in [2.75, 3.05) is 12.3 Å². The number of nitrogens with zero attached hydrogens (tertiary/aromatic N) is 1. The predicted octanol–water partition coefficient (Wildman–Crippen LogP) is 4.52. The largest absolute Gasteiger partial charge is 0.355 e. The molecule has 2 aromatic carbocycles. The molecule has 0 aliphatic rings. The first-order valence-electron chi connectivity index (χ1n) is 9.49. The molecule has 0 saturated carbocycles. The van der Waals surface area contributed by atoms with Crippen molar-refractivity contribution >= 4 is 35.2 Å². The lowest BCUT2D eigenvalue weighted by Crippen LogP contribution is -2.49. The molecule has 150 valence electrons. The van der Waals surface area contributed by atoms with Crippen molar-refractivity contribution in [3.8, 4) is 0 Å². The number of carbonyl (C=O) groups is 2.